The number of thioether (sulfide) groups is 1. The SMILES string of the molecule is Cc1cc(C)cc(Cc2nnc(SCc3ccccc3-c3ccccc3)o2)c1. The fourth-order valence-electron chi connectivity index (χ4n) is 3.40. The van der Waals surface area contributed by atoms with E-state index in [4.69, 9.17) is 4.42 Å². The molecule has 0 N–H and O–H groups in total. The lowest BCUT2D eigenvalue weighted by atomic mass is 10.0. The van der Waals surface area contributed by atoms with E-state index in [1.165, 1.54) is 33.4 Å². The molecule has 0 spiro atoms. The van der Waals surface area contributed by atoms with Gasteiger partial charge in [-0.05, 0) is 36.1 Å². The van der Waals surface area contributed by atoms with Gasteiger partial charge in [0.05, 0.1) is 6.42 Å². The van der Waals surface area contributed by atoms with Crippen molar-refractivity contribution in [2.75, 3.05) is 0 Å². The Labute approximate surface area is 169 Å². The zero-order chi connectivity index (χ0) is 19.3. The van der Waals surface area contributed by atoms with Gasteiger partial charge in [-0.15, -0.1) is 10.2 Å². The average molecular weight is 387 g/mol. The van der Waals surface area contributed by atoms with E-state index in [9.17, 15) is 0 Å². The molecule has 0 saturated carbocycles. The molecular formula is C24H22N2OS. The molecule has 140 valence electrons. The maximum atomic E-state index is 5.88. The third-order valence-electron chi connectivity index (χ3n) is 4.54. The molecule has 3 aromatic carbocycles. The van der Waals surface area contributed by atoms with Crippen LogP contribution < -0.4 is 0 Å². The number of benzene rings is 3. The van der Waals surface area contributed by atoms with Gasteiger partial charge in [-0.3, -0.25) is 0 Å². The molecule has 0 aliphatic heterocycles. The van der Waals surface area contributed by atoms with Gasteiger partial charge in [0, 0.05) is 5.75 Å². The van der Waals surface area contributed by atoms with Crippen LogP contribution in [0.25, 0.3) is 11.1 Å². The number of rotatable bonds is 6. The summed E-state index contributed by atoms with van der Waals surface area (Å²) in [4.78, 5) is 0. The lowest BCUT2D eigenvalue weighted by molar-refractivity contribution is 0.420. The maximum absolute atomic E-state index is 5.88. The number of aryl methyl sites for hydroxylation is 2. The van der Waals surface area contributed by atoms with Crippen LogP contribution >= 0.6 is 11.8 Å². The highest BCUT2D eigenvalue weighted by atomic mass is 32.2. The molecule has 0 amide bonds. The molecule has 0 aliphatic carbocycles. The Morgan fingerprint density at radius 1 is 0.821 bits per heavy atom. The molecule has 0 bridgehead atoms. The normalized spacial score (nSPS) is 10.9. The van der Waals surface area contributed by atoms with Crippen molar-refractivity contribution in [1.29, 1.82) is 0 Å². The Morgan fingerprint density at radius 2 is 1.54 bits per heavy atom. The maximum Gasteiger partial charge on any atom is 0.276 e. The van der Waals surface area contributed by atoms with Crippen molar-refractivity contribution >= 4 is 11.8 Å². The van der Waals surface area contributed by atoms with Gasteiger partial charge in [0.25, 0.3) is 5.22 Å². The van der Waals surface area contributed by atoms with Gasteiger partial charge in [0.15, 0.2) is 0 Å². The van der Waals surface area contributed by atoms with Gasteiger partial charge in [0.2, 0.25) is 5.89 Å². The van der Waals surface area contributed by atoms with Crippen LogP contribution in [0.4, 0.5) is 0 Å². The summed E-state index contributed by atoms with van der Waals surface area (Å²) in [7, 11) is 0. The zero-order valence-electron chi connectivity index (χ0n) is 16.1. The first kappa shape index (κ1) is 18.5. The summed E-state index contributed by atoms with van der Waals surface area (Å²) in [6, 6.07) is 25.4. The average Bonchev–Trinajstić information content (AvgIpc) is 3.14. The molecule has 1 aromatic heterocycles. The lowest BCUT2D eigenvalue weighted by Crippen LogP contribution is -1.90. The predicted molar refractivity (Wildman–Crippen MR) is 114 cm³/mol. The number of hydrogen-bond acceptors (Lipinski definition) is 4. The van der Waals surface area contributed by atoms with Crippen LogP contribution in [0.2, 0.25) is 0 Å². The second-order valence-corrected chi connectivity index (χ2v) is 7.87. The third kappa shape index (κ3) is 4.52. The summed E-state index contributed by atoms with van der Waals surface area (Å²) >= 11 is 1.58. The molecule has 0 radical (unpaired) electrons. The second kappa shape index (κ2) is 8.44. The molecule has 4 rings (SSSR count). The van der Waals surface area contributed by atoms with Crippen molar-refractivity contribution in [3.63, 3.8) is 0 Å². The Morgan fingerprint density at radius 3 is 2.32 bits per heavy atom. The van der Waals surface area contributed by atoms with Crippen molar-refractivity contribution in [3.8, 4) is 11.1 Å². The summed E-state index contributed by atoms with van der Waals surface area (Å²) in [6.07, 6.45) is 0.663. The Hall–Kier alpha value is -2.85. The number of hydrogen-bond donors (Lipinski definition) is 0. The van der Waals surface area contributed by atoms with Crippen LogP contribution in [0.5, 0.6) is 0 Å². The largest absolute Gasteiger partial charge is 0.416 e. The highest BCUT2D eigenvalue weighted by molar-refractivity contribution is 7.98. The van der Waals surface area contributed by atoms with E-state index in [-0.39, 0.29) is 0 Å². The second-order valence-electron chi connectivity index (χ2n) is 6.95. The molecule has 0 atom stereocenters. The molecule has 4 heteroatoms. The van der Waals surface area contributed by atoms with Crippen molar-refractivity contribution in [2.24, 2.45) is 0 Å². The topological polar surface area (TPSA) is 38.9 Å². The lowest BCUT2D eigenvalue weighted by Gasteiger charge is -2.08. The van der Waals surface area contributed by atoms with E-state index >= 15 is 0 Å². The molecule has 0 fully saturated rings. The Balaban J connectivity index is 1.46. The van der Waals surface area contributed by atoms with E-state index in [2.05, 4.69) is 90.8 Å². The molecule has 3 nitrogen and oxygen atoms in total. The van der Waals surface area contributed by atoms with E-state index in [0.29, 0.717) is 17.5 Å². The van der Waals surface area contributed by atoms with E-state index in [1.807, 2.05) is 6.07 Å². The highest BCUT2D eigenvalue weighted by Crippen LogP contribution is 2.29. The van der Waals surface area contributed by atoms with Crippen LogP contribution in [-0.2, 0) is 12.2 Å². The molecule has 0 aliphatic rings. The van der Waals surface area contributed by atoms with E-state index in [0.717, 1.165) is 5.75 Å². The van der Waals surface area contributed by atoms with Crippen molar-refractivity contribution in [1.82, 2.24) is 10.2 Å². The van der Waals surface area contributed by atoms with Crippen LogP contribution in [0, 0.1) is 13.8 Å². The first-order chi connectivity index (χ1) is 13.7. The first-order valence-electron chi connectivity index (χ1n) is 9.33. The first-order valence-corrected chi connectivity index (χ1v) is 10.3. The fourth-order valence-corrected chi connectivity index (χ4v) is 4.18. The summed E-state index contributed by atoms with van der Waals surface area (Å²) in [6.45, 7) is 4.21. The minimum absolute atomic E-state index is 0.613. The standard InChI is InChI=1S/C24H22N2OS/c1-17-12-18(2)14-19(13-17)15-23-25-26-24(27-23)28-16-21-10-6-7-11-22(21)20-8-4-3-5-9-20/h3-14H,15-16H2,1-2H3. The van der Waals surface area contributed by atoms with E-state index < -0.39 is 0 Å². The monoisotopic (exact) mass is 386 g/mol. The van der Waals surface area contributed by atoms with Crippen molar-refractivity contribution in [3.05, 3.63) is 101 Å². The van der Waals surface area contributed by atoms with Crippen LogP contribution in [0.1, 0.15) is 28.1 Å². The van der Waals surface area contributed by atoms with Gasteiger partial charge < -0.3 is 4.42 Å². The van der Waals surface area contributed by atoms with Gasteiger partial charge in [-0.2, -0.15) is 0 Å². The molecule has 0 unspecified atom stereocenters. The molecule has 28 heavy (non-hydrogen) atoms. The molecular weight excluding hydrogens is 364 g/mol. The summed E-state index contributed by atoms with van der Waals surface area (Å²) in [5, 5.41) is 9.06. The predicted octanol–water partition coefficient (Wildman–Crippen LogP) is 6.24. The minimum Gasteiger partial charge on any atom is -0.416 e. The van der Waals surface area contributed by atoms with E-state index in [1.54, 1.807) is 11.8 Å². The number of aromatic nitrogens is 2. The fraction of sp³-hybridized carbons (Fsp3) is 0.167. The van der Waals surface area contributed by atoms with Crippen LogP contribution in [0.15, 0.2) is 82.4 Å². The highest BCUT2D eigenvalue weighted by Gasteiger charge is 2.10. The Bertz CT molecular complexity index is 1050. The van der Waals surface area contributed by atoms with Gasteiger partial charge in [-0.1, -0.05) is 95.7 Å². The van der Waals surface area contributed by atoms with Crippen molar-refractivity contribution in [2.45, 2.75) is 31.2 Å². The number of nitrogens with zero attached hydrogens (tertiary/aromatic N) is 2. The summed E-state index contributed by atoms with van der Waals surface area (Å²) < 4.78 is 5.88. The van der Waals surface area contributed by atoms with Gasteiger partial charge in [-0.25, -0.2) is 0 Å². The summed E-state index contributed by atoms with van der Waals surface area (Å²) in [5.74, 6) is 1.44. The van der Waals surface area contributed by atoms with Gasteiger partial charge >= 0.3 is 0 Å². The molecule has 4 aromatic rings. The zero-order valence-corrected chi connectivity index (χ0v) is 16.9. The molecule has 0 saturated heterocycles. The van der Waals surface area contributed by atoms with Crippen molar-refractivity contribution < 1.29 is 4.42 Å². The minimum atomic E-state index is 0.613. The van der Waals surface area contributed by atoms with Crippen LogP contribution in [-0.4, -0.2) is 10.2 Å². The smallest absolute Gasteiger partial charge is 0.276 e. The quantitative estimate of drug-likeness (QED) is 0.368. The Kier molecular flexibility index (Phi) is 5.58. The van der Waals surface area contributed by atoms with Crippen LogP contribution in [0.3, 0.4) is 0 Å². The third-order valence-corrected chi connectivity index (χ3v) is 5.41. The molecule has 1 heterocycles. The summed E-state index contributed by atoms with van der Waals surface area (Å²) in [5.41, 5.74) is 7.42. The van der Waals surface area contributed by atoms with Gasteiger partial charge in [0.1, 0.15) is 0 Å².